The lowest BCUT2D eigenvalue weighted by atomic mass is 9.83. The number of phosphoric ester groups is 1. The van der Waals surface area contributed by atoms with Crippen LogP contribution in [0.1, 0.15) is 156 Å². The molecule has 2 aliphatic heterocycles. The number of halogens is 8. The Bertz CT molecular complexity index is 3710. The molecular formula is C66H74F8N6O13P2. The Hall–Kier alpha value is -7.71. The zero-order valence-electron chi connectivity index (χ0n) is 51.6. The van der Waals surface area contributed by atoms with Gasteiger partial charge in [0.2, 0.25) is 11.8 Å². The molecule has 2 saturated carbocycles. The first-order chi connectivity index (χ1) is 45.0. The van der Waals surface area contributed by atoms with E-state index in [1.54, 1.807) is 38.1 Å². The predicted molar refractivity (Wildman–Crippen MR) is 336 cm³/mol. The van der Waals surface area contributed by atoms with E-state index in [0.29, 0.717) is 66.1 Å². The molecule has 4 fully saturated rings. The number of carbonyl (C=O) groups is 4. The second-order valence-electron chi connectivity index (χ2n) is 23.7. The number of benzene rings is 6. The van der Waals surface area contributed by atoms with Crippen molar-refractivity contribution in [2.75, 3.05) is 34.4 Å². The van der Waals surface area contributed by atoms with Crippen molar-refractivity contribution in [3.8, 4) is 0 Å². The van der Waals surface area contributed by atoms with E-state index in [1.165, 1.54) is 59.0 Å². The van der Waals surface area contributed by atoms with E-state index in [-0.39, 0.29) is 42.6 Å². The van der Waals surface area contributed by atoms with Gasteiger partial charge in [0, 0.05) is 54.0 Å². The topological polar surface area (TPSA) is 279 Å². The highest BCUT2D eigenvalue weighted by Gasteiger charge is 2.44. The van der Waals surface area contributed by atoms with Gasteiger partial charge in [0.05, 0.1) is 59.4 Å². The molecule has 0 spiro atoms. The summed E-state index contributed by atoms with van der Waals surface area (Å²) in [4.78, 5) is 85.2. The van der Waals surface area contributed by atoms with Crippen molar-refractivity contribution in [1.29, 1.82) is 0 Å². The minimum Gasteiger partial charge on any atom is -0.565 e. The number of rotatable bonds is 17. The summed E-state index contributed by atoms with van der Waals surface area (Å²) in [7, 11) is -8.09. The maximum absolute atomic E-state index is 15.0. The van der Waals surface area contributed by atoms with Crippen molar-refractivity contribution in [1.82, 2.24) is 9.80 Å². The number of hydrogen-bond donors (Lipinski definition) is 8. The molecule has 0 radical (unpaired) electrons. The van der Waals surface area contributed by atoms with E-state index in [2.05, 4.69) is 30.5 Å². The summed E-state index contributed by atoms with van der Waals surface area (Å²) in [6.07, 6.45) is 0.825. The van der Waals surface area contributed by atoms with Crippen LogP contribution in [0.4, 0.5) is 57.9 Å². The number of nitrogens with zero attached hydrogens (tertiary/aromatic N) is 2. The lowest BCUT2D eigenvalue weighted by Gasteiger charge is -2.41. The molecule has 19 nitrogen and oxygen atoms in total. The molecule has 10 rings (SSSR count). The lowest BCUT2D eigenvalue weighted by molar-refractivity contribution is -0.244. The maximum atomic E-state index is 15.0. The minimum absolute atomic E-state index is 0. The number of aliphatic hydroxyl groups is 1. The highest BCUT2D eigenvalue weighted by Crippen LogP contribution is 2.44. The Balaban J connectivity index is 0.000000251. The van der Waals surface area contributed by atoms with E-state index in [9.17, 15) is 64.0 Å². The number of carbonyl (C=O) groups excluding carboxylic acids is 4. The maximum Gasteiger partial charge on any atom is 0.521 e. The van der Waals surface area contributed by atoms with Crippen LogP contribution in [0, 0.1) is 37.3 Å². The van der Waals surface area contributed by atoms with Crippen LogP contribution in [0.15, 0.2) is 121 Å². The van der Waals surface area contributed by atoms with Crippen molar-refractivity contribution < 1.29 is 99.1 Å². The summed E-state index contributed by atoms with van der Waals surface area (Å²) in [6.45, 7) is 1.98. The Morgan fingerprint density at radius 3 is 1.31 bits per heavy atom. The molecule has 512 valence electrons. The van der Waals surface area contributed by atoms with Crippen LogP contribution >= 0.6 is 16.1 Å². The summed E-state index contributed by atoms with van der Waals surface area (Å²) in [5, 5.41) is 28.6. The van der Waals surface area contributed by atoms with Crippen LogP contribution < -0.4 is 26.2 Å². The van der Waals surface area contributed by atoms with Gasteiger partial charge in [-0.1, -0.05) is 86.3 Å². The first kappa shape index (κ1) is 73.1. The van der Waals surface area contributed by atoms with Gasteiger partial charge in [0.15, 0.2) is 0 Å². The molecule has 2 aliphatic carbocycles. The molecule has 95 heavy (non-hydrogen) atoms. The average molecular weight is 1370 g/mol. The fraction of sp³-hybridized carbons (Fsp3) is 0.394. The summed E-state index contributed by atoms with van der Waals surface area (Å²) < 4.78 is 139. The number of aryl methyl sites for hydroxylation is 2. The number of phosphoric acid groups is 1. The van der Waals surface area contributed by atoms with Crippen LogP contribution in [0.3, 0.4) is 0 Å². The molecule has 4 amide bonds. The Morgan fingerprint density at radius 2 is 0.958 bits per heavy atom. The predicted octanol–water partition coefficient (Wildman–Crippen LogP) is 14.3. The largest absolute Gasteiger partial charge is 0.565 e. The summed E-state index contributed by atoms with van der Waals surface area (Å²) in [5.74, 6) is -5.40. The number of anilines is 4. The van der Waals surface area contributed by atoms with Gasteiger partial charge in [-0.25, -0.2) is 18.6 Å². The standard InChI is InChI=1S/C33H36F4N3O6P.C33H35F4N3O3.HO4P.H2/c1-20-6-4-10-28(34)29(20)32(42)40-17-5-9-26(30(40)21-11-14-24(15-12-21)38-23-7-2-3-8-23)31(41)39-25-16-13-22(19-46-47(43,44)45)27(18-25)33(35,36)37;1-20-6-4-10-28(34)29(20)32(43)40-17-5-9-26(30(40)21-11-14-24(15-12-21)38-23-7-2-3-8-23)31(42)39-25-16-13-22(19-41)27(18-25)33(35,36)37;1-4-5(2)3;/h4,6,10-16,18,23,26,30,38H,2-3,5,7-9,17,19H2,1H3,(H,39,41)(H2,43,44,45);4,6,10-16,18,23,26,30,38,41H,2-3,5,7-9,17,19H2,1H3,(H,39,42);1H;1H/t2*26-,30-;;/m00../s1. The number of hydrogen-bond acceptors (Lipinski definition) is 13. The molecule has 6 aromatic carbocycles. The molecule has 0 aromatic heterocycles. The number of nitrogens with one attached hydrogen (secondary N) is 4. The normalized spacial score (nSPS) is 18.8. The van der Waals surface area contributed by atoms with Gasteiger partial charge in [-0.15, -0.1) is 0 Å². The van der Waals surface area contributed by atoms with Crippen LogP contribution in [0.25, 0.3) is 0 Å². The average Bonchev–Trinajstić information content (AvgIpc) is 1.89. The second kappa shape index (κ2) is 32.4. The SMILES string of the molecule is Cc1cccc(F)c1C(=O)N1CCC[C@H](C(=O)Nc2ccc(CO)c(C(F)(F)F)c2)[C@@H]1c1ccc(NC2CCCC2)cc1.Cc1cccc(F)c1C(=O)N1CCC[C@H](C(=O)Nc2ccc(COP(=O)(O)O)c(C(F)(F)F)c2)[C@@H]1c1ccc(NC2CCCC2)cc1.O=[P+]([O-])OO.[HH]. The third-order valence-corrected chi connectivity index (χ3v) is 17.9. The molecule has 0 bridgehead atoms. The number of amides is 4. The van der Waals surface area contributed by atoms with E-state index in [4.69, 9.17) is 24.5 Å². The van der Waals surface area contributed by atoms with Crippen LogP contribution in [0.5, 0.6) is 0 Å². The third-order valence-electron chi connectivity index (χ3n) is 17.3. The third kappa shape index (κ3) is 19.3. The number of likely N-dealkylation sites (tertiary alicyclic amines) is 2. The van der Waals surface area contributed by atoms with Gasteiger partial charge >= 0.3 is 28.4 Å². The molecule has 2 heterocycles. The molecule has 29 heteroatoms. The van der Waals surface area contributed by atoms with Gasteiger partial charge < -0.3 is 50.9 Å². The van der Waals surface area contributed by atoms with Gasteiger partial charge in [-0.05, 0) is 164 Å². The van der Waals surface area contributed by atoms with Gasteiger partial charge in [-0.2, -0.15) is 26.3 Å². The number of alkyl halides is 6. The van der Waals surface area contributed by atoms with E-state index >= 15 is 0 Å². The quantitative estimate of drug-likeness (QED) is 0.0182. The molecule has 1 unspecified atom stereocenters. The molecule has 2 saturated heterocycles. The van der Waals surface area contributed by atoms with Crippen molar-refractivity contribution in [2.24, 2.45) is 11.8 Å². The Kier molecular flexibility index (Phi) is 24.9. The van der Waals surface area contributed by atoms with Crippen molar-refractivity contribution in [2.45, 2.75) is 141 Å². The zero-order chi connectivity index (χ0) is 68.9. The number of aliphatic hydroxyl groups excluding tert-OH is 1. The van der Waals surface area contributed by atoms with Crippen LogP contribution in [-0.4, -0.2) is 78.8 Å². The second-order valence-corrected chi connectivity index (χ2v) is 25.5. The highest BCUT2D eigenvalue weighted by molar-refractivity contribution is 7.46. The van der Waals surface area contributed by atoms with Crippen molar-refractivity contribution in [3.05, 3.63) is 189 Å². The number of piperidine rings is 2. The highest BCUT2D eigenvalue weighted by atomic mass is 31.2. The van der Waals surface area contributed by atoms with Crippen molar-refractivity contribution >= 4 is 62.5 Å². The summed E-state index contributed by atoms with van der Waals surface area (Å²) in [5.41, 5.74) is 0.423. The Labute approximate surface area is 544 Å². The molecular weight excluding hydrogens is 1300 g/mol. The van der Waals surface area contributed by atoms with Crippen LogP contribution in [0.2, 0.25) is 0 Å². The molecule has 8 N–H and O–H groups in total. The fourth-order valence-electron chi connectivity index (χ4n) is 12.8. The lowest BCUT2D eigenvalue weighted by Crippen LogP contribution is -2.46. The monoisotopic (exact) mass is 1370 g/mol. The van der Waals surface area contributed by atoms with Gasteiger partial charge in [0.1, 0.15) is 11.6 Å². The smallest absolute Gasteiger partial charge is 0.521 e. The first-order valence-electron chi connectivity index (χ1n) is 30.7. The van der Waals surface area contributed by atoms with Crippen LogP contribution in [-0.2, 0) is 53.5 Å². The molecule has 6 aromatic rings. The first-order valence-corrected chi connectivity index (χ1v) is 33.3. The molecule has 5 atom stereocenters. The summed E-state index contributed by atoms with van der Waals surface area (Å²) in [6, 6.07) is 28.7. The van der Waals surface area contributed by atoms with E-state index in [0.717, 1.165) is 68.1 Å². The zero-order valence-corrected chi connectivity index (χ0v) is 53.4. The minimum atomic E-state index is -5.04. The van der Waals surface area contributed by atoms with Gasteiger partial charge in [0.25, 0.3) is 11.8 Å². The Morgan fingerprint density at radius 1 is 0.589 bits per heavy atom. The van der Waals surface area contributed by atoms with Gasteiger partial charge in [-0.3, -0.25) is 23.7 Å². The van der Waals surface area contributed by atoms with Crippen molar-refractivity contribution in [3.63, 3.8) is 0 Å². The summed E-state index contributed by atoms with van der Waals surface area (Å²) >= 11 is 0. The molecule has 4 aliphatic rings. The van der Waals surface area contributed by atoms with E-state index in [1.807, 2.05) is 36.4 Å². The van der Waals surface area contributed by atoms with E-state index < -0.39 is 118 Å². The fourth-order valence-corrected chi connectivity index (χ4v) is 13.1.